The lowest BCUT2D eigenvalue weighted by atomic mass is 9.67. The standard InChI is InChI=1S/C12H25BS/c1-5-11(13)10-6-8(2)12(4,7-14)9(10)3/h8-11,14H,5-7,13H2,1-4H3. The molecule has 2 heteroatoms. The highest BCUT2D eigenvalue weighted by molar-refractivity contribution is 7.80. The van der Waals surface area contributed by atoms with Crippen LogP contribution < -0.4 is 0 Å². The van der Waals surface area contributed by atoms with Crippen molar-refractivity contribution in [2.24, 2.45) is 23.2 Å². The van der Waals surface area contributed by atoms with E-state index < -0.39 is 0 Å². The minimum atomic E-state index is 0.469. The summed E-state index contributed by atoms with van der Waals surface area (Å²) >= 11 is 4.56. The van der Waals surface area contributed by atoms with E-state index in [1.807, 2.05) is 0 Å². The Hall–Kier alpha value is 0.415. The predicted octanol–water partition coefficient (Wildman–Crippen LogP) is 3.05. The Balaban J connectivity index is 2.78. The fourth-order valence-corrected chi connectivity index (χ4v) is 3.75. The van der Waals surface area contributed by atoms with Gasteiger partial charge in [0.15, 0.2) is 0 Å². The molecule has 82 valence electrons. The number of hydrogen-bond donors (Lipinski definition) is 1. The van der Waals surface area contributed by atoms with Crippen LogP contribution in [0.1, 0.15) is 40.5 Å². The lowest BCUT2D eigenvalue weighted by Crippen LogP contribution is -2.30. The highest BCUT2D eigenvalue weighted by Crippen LogP contribution is 2.54. The quantitative estimate of drug-likeness (QED) is 0.539. The summed E-state index contributed by atoms with van der Waals surface area (Å²) in [6.45, 7) is 9.60. The van der Waals surface area contributed by atoms with Gasteiger partial charge < -0.3 is 0 Å². The zero-order chi connectivity index (χ0) is 10.9. The van der Waals surface area contributed by atoms with Crippen molar-refractivity contribution in [3.63, 3.8) is 0 Å². The first-order valence-electron chi connectivity index (χ1n) is 6.08. The molecule has 1 fully saturated rings. The molecular weight excluding hydrogens is 187 g/mol. The van der Waals surface area contributed by atoms with Crippen molar-refractivity contribution >= 4 is 20.5 Å². The third kappa shape index (κ3) is 1.87. The Labute approximate surface area is 96.1 Å². The molecule has 1 rings (SSSR count). The molecule has 0 N–H and O–H groups in total. The van der Waals surface area contributed by atoms with Crippen molar-refractivity contribution in [1.82, 2.24) is 0 Å². The van der Waals surface area contributed by atoms with Gasteiger partial charge in [0.1, 0.15) is 7.85 Å². The molecule has 1 aliphatic rings. The first-order valence-corrected chi connectivity index (χ1v) is 6.71. The minimum Gasteiger partial charge on any atom is -0.179 e. The Morgan fingerprint density at radius 3 is 2.43 bits per heavy atom. The zero-order valence-electron chi connectivity index (χ0n) is 10.4. The summed E-state index contributed by atoms with van der Waals surface area (Å²) in [4.78, 5) is 0. The number of rotatable bonds is 3. The average molecular weight is 212 g/mol. The normalized spacial score (nSPS) is 45.4. The first-order chi connectivity index (χ1) is 6.47. The van der Waals surface area contributed by atoms with Crippen LogP contribution in [-0.2, 0) is 0 Å². The van der Waals surface area contributed by atoms with Crippen LogP contribution >= 0.6 is 12.6 Å². The molecule has 5 unspecified atom stereocenters. The van der Waals surface area contributed by atoms with Gasteiger partial charge in [-0.05, 0) is 35.3 Å². The summed E-state index contributed by atoms with van der Waals surface area (Å²) in [5, 5.41) is 0. The van der Waals surface area contributed by atoms with Crippen molar-refractivity contribution in [1.29, 1.82) is 0 Å². The van der Waals surface area contributed by atoms with Crippen molar-refractivity contribution in [3.05, 3.63) is 0 Å². The van der Waals surface area contributed by atoms with Gasteiger partial charge in [0.2, 0.25) is 0 Å². The van der Waals surface area contributed by atoms with Crippen LogP contribution in [0.3, 0.4) is 0 Å². The van der Waals surface area contributed by atoms with Gasteiger partial charge in [-0.15, -0.1) is 0 Å². The Morgan fingerprint density at radius 2 is 2.07 bits per heavy atom. The second-order valence-corrected chi connectivity index (χ2v) is 5.95. The van der Waals surface area contributed by atoms with Gasteiger partial charge in [0.25, 0.3) is 0 Å². The highest BCUT2D eigenvalue weighted by atomic mass is 32.1. The van der Waals surface area contributed by atoms with Gasteiger partial charge in [-0.3, -0.25) is 0 Å². The smallest absolute Gasteiger partial charge is 0.105 e. The van der Waals surface area contributed by atoms with E-state index in [2.05, 4.69) is 48.2 Å². The summed E-state index contributed by atoms with van der Waals surface area (Å²) in [5.41, 5.74) is 0.469. The lowest BCUT2D eigenvalue weighted by Gasteiger charge is -2.34. The lowest BCUT2D eigenvalue weighted by molar-refractivity contribution is 0.199. The maximum Gasteiger partial charge on any atom is 0.105 e. The predicted molar refractivity (Wildman–Crippen MR) is 71.0 cm³/mol. The van der Waals surface area contributed by atoms with Gasteiger partial charge >= 0.3 is 0 Å². The van der Waals surface area contributed by atoms with Gasteiger partial charge in [0, 0.05) is 0 Å². The number of hydrogen-bond acceptors (Lipinski definition) is 1. The molecule has 14 heavy (non-hydrogen) atoms. The van der Waals surface area contributed by atoms with Crippen molar-refractivity contribution < 1.29 is 0 Å². The van der Waals surface area contributed by atoms with Crippen LogP contribution in [0.2, 0.25) is 5.82 Å². The average Bonchev–Trinajstić information content (AvgIpc) is 2.42. The second kappa shape index (κ2) is 4.51. The van der Waals surface area contributed by atoms with Crippen LogP contribution in [0.4, 0.5) is 0 Å². The van der Waals surface area contributed by atoms with Crippen molar-refractivity contribution in [2.75, 3.05) is 5.75 Å². The Bertz CT molecular complexity index is 195. The summed E-state index contributed by atoms with van der Waals surface area (Å²) in [6, 6.07) is 0. The van der Waals surface area contributed by atoms with Crippen molar-refractivity contribution in [2.45, 2.75) is 46.4 Å². The molecule has 0 radical (unpaired) electrons. The van der Waals surface area contributed by atoms with Gasteiger partial charge in [-0.1, -0.05) is 39.9 Å². The summed E-state index contributed by atoms with van der Waals surface area (Å²) in [6.07, 6.45) is 2.73. The molecule has 0 aromatic rings. The van der Waals surface area contributed by atoms with Gasteiger partial charge in [-0.2, -0.15) is 12.6 Å². The van der Waals surface area contributed by atoms with E-state index >= 15 is 0 Å². The maximum atomic E-state index is 4.56. The topological polar surface area (TPSA) is 0 Å². The summed E-state index contributed by atoms with van der Waals surface area (Å²) in [7, 11) is 2.41. The molecule has 0 heterocycles. The van der Waals surface area contributed by atoms with E-state index in [9.17, 15) is 0 Å². The molecule has 0 aliphatic heterocycles. The Morgan fingerprint density at radius 1 is 1.50 bits per heavy atom. The van der Waals surface area contributed by atoms with E-state index in [0.717, 1.165) is 29.3 Å². The number of thiol groups is 1. The molecule has 0 aromatic heterocycles. The summed E-state index contributed by atoms with van der Waals surface area (Å²) < 4.78 is 0. The molecule has 1 saturated carbocycles. The third-order valence-corrected chi connectivity index (χ3v) is 5.83. The second-order valence-electron chi connectivity index (χ2n) is 5.64. The van der Waals surface area contributed by atoms with Crippen LogP contribution in [0.25, 0.3) is 0 Å². The molecule has 0 spiro atoms. The molecule has 0 aromatic carbocycles. The maximum absolute atomic E-state index is 4.56. The first kappa shape index (κ1) is 12.5. The Kier molecular flexibility index (Phi) is 4.02. The van der Waals surface area contributed by atoms with Crippen LogP contribution in [0.15, 0.2) is 0 Å². The largest absolute Gasteiger partial charge is 0.179 e. The van der Waals surface area contributed by atoms with Crippen LogP contribution in [0.5, 0.6) is 0 Å². The molecule has 0 bridgehead atoms. The third-order valence-electron chi connectivity index (χ3n) is 5.15. The minimum absolute atomic E-state index is 0.469. The molecule has 1 aliphatic carbocycles. The monoisotopic (exact) mass is 212 g/mol. The van der Waals surface area contributed by atoms with Crippen LogP contribution in [0, 0.1) is 23.2 Å². The van der Waals surface area contributed by atoms with Crippen LogP contribution in [-0.4, -0.2) is 13.6 Å². The molecule has 0 amide bonds. The highest BCUT2D eigenvalue weighted by Gasteiger charge is 2.47. The summed E-state index contributed by atoms with van der Waals surface area (Å²) in [5.74, 6) is 4.53. The molecular formula is C12H25BS. The van der Waals surface area contributed by atoms with E-state index in [1.54, 1.807) is 0 Å². The molecule has 5 atom stereocenters. The fourth-order valence-electron chi connectivity index (χ4n) is 3.15. The van der Waals surface area contributed by atoms with Gasteiger partial charge in [-0.25, -0.2) is 0 Å². The van der Waals surface area contributed by atoms with E-state index in [-0.39, 0.29) is 0 Å². The van der Waals surface area contributed by atoms with E-state index in [0.29, 0.717) is 5.41 Å². The van der Waals surface area contributed by atoms with Gasteiger partial charge in [0.05, 0.1) is 0 Å². The SMILES string of the molecule is BC(CC)C1CC(C)C(C)(CS)C1C. The fraction of sp³-hybridized carbons (Fsp3) is 1.00. The molecule has 0 nitrogen and oxygen atoms in total. The van der Waals surface area contributed by atoms with E-state index in [4.69, 9.17) is 0 Å². The zero-order valence-corrected chi connectivity index (χ0v) is 11.3. The van der Waals surface area contributed by atoms with E-state index in [1.165, 1.54) is 12.8 Å². The van der Waals surface area contributed by atoms with Crippen molar-refractivity contribution in [3.8, 4) is 0 Å². The molecule has 0 saturated heterocycles.